The number of hydrogen-bond donors (Lipinski definition) is 1. The van der Waals surface area contributed by atoms with Gasteiger partial charge in [0.1, 0.15) is 0 Å². The van der Waals surface area contributed by atoms with Crippen molar-refractivity contribution in [2.24, 2.45) is 5.92 Å². The topological polar surface area (TPSA) is 34.2 Å². The molecule has 1 N–H and O–H groups in total. The van der Waals surface area contributed by atoms with Crippen LogP contribution in [0, 0.1) is 12.8 Å². The maximum absolute atomic E-state index is 5.55. The lowest BCUT2D eigenvalue weighted by Gasteiger charge is -2.30. The van der Waals surface area contributed by atoms with E-state index in [2.05, 4.69) is 22.4 Å². The maximum Gasteiger partial charge on any atom is 0.0512 e. The Bertz CT molecular complexity index is 317. The van der Waals surface area contributed by atoms with Crippen LogP contribution < -0.4 is 5.32 Å². The predicted molar refractivity (Wildman–Crippen MR) is 64.3 cm³/mol. The standard InChI is InChI=1S/C13H20N2O/c1-10-5-6-11(8-15-10)13(14-2)12-4-3-7-16-9-12/h5-6,8,12-14H,3-4,7,9H2,1-2H3. The fourth-order valence-corrected chi connectivity index (χ4v) is 2.37. The second-order valence-corrected chi connectivity index (χ2v) is 4.48. The maximum atomic E-state index is 5.55. The molecule has 2 heterocycles. The van der Waals surface area contributed by atoms with Crippen molar-refractivity contribution < 1.29 is 4.74 Å². The van der Waals surface area contributed by atoms with Crippen LogP contribution in [0.15, 0.2) is 18.3 Å². The van der Waals surface area contributed by atoms with Crippen LogP contribution in [-0.4, -0.2) is 25.2 Å². The summed E-state index contributed by atoms with van der Waals surface area (Å²) in [4.78, 5) is 4.36. The summed E-state index contributed by atoms with van der Waals surface area (Å²) in [6.07, 6.45) is 4.38. The zero-order valence-corrected chi connectivity index (χ0v) is 10.1. The van der Waals surface area contributed by atoms with Crippen molar-refractivity contribution in [3.8, 4) is 0 Å². The summed E-state index contributed by atoms with van der Waals surface area (Å²) < 4.78 is 5.55. The lowest BCUT2D eigenvalue weighted by molar-refractivity contribution is 0.0401. The van der Waals surface area contributed by atoms with Crippen LogP contribution in [0.5, 0.6) is 0 Å². The highest BCUT2D eigenvalue weighted by molar-refractivity contribution is 5.18. The normalized spacial score (nSPS) is 23.0. The highest BCUT2D eigenvalue weighted by Crippen LogP contribution is 2.28. The van der Waals surface area contributed by atoms with Crippen molar-refractivity contribution >= 4 is 0 Å². The lowest BCUT2D eigenvalue weighted by Crippen LogP contribution is -2.31. The molecule has 2 rings (SSSR count). The van der Waals surface area contributed by atoms with Gasteiger partial charge >= 0.3 is 0 Å². The van der Waals surface area contributed by atoms with Crippen LogP contribution in [0.1, 0.15) is 30.1 Å². The van der Waals surface area contributed by atoms with Gasteiger partial charge in [0.05, 0.1) is 6.61 Å². The van der Waals surface area contributed by atoms with Gasteiger partial charge in [-0.2, -0.15) is 0 Å². The van der Waals surface area contributed by atoms with Gasteiger partial charge in [0.25, 0.3) is 0 Å². The van der Waals surface area contributed by atoms with Gasteiger partial charge < -0.3 is 10.1 Å². The monoisotopic (exact) mass is 220 g/mol. The predicted octanol–water partition coefficient (Wildman–Crippen LogP) is 2.08. The first kappa shape index (κ1) is 11.6. The first-order valence-electron chi connectivity index (χ1n) is 5.99. The van der Waals surface area contributed by atoms with E-state index < -0.39 is 0 Å². The highest BCUT2D eigenvalue weighted by Gasteiger charge is 2.24. The van der Waals surface area contributed by atoms with E-state index in [-0.39, 0.29) is 0 Å². The summed E-state index contributed by atoms with van der Waals surface area (Å²) in [6.45, 7) is 3.79. The Kier molecular flexibility index (Phi) is 3.91. The summed E-state index contributed by atoms with van der Waals surface area (Å²) in [5, 5.41) is 3.39. The molecule has 1 aliphatic heterocycles. The minimum absolute atomic E-state index is 0.369. The zero-order valence-electron chi connectivity index (χ0n) is 10.1. The van der Waals surface area contributed by atoms with E-state index in [9.17, 15) is 0 Å². The third kappa shape index (κ3) is 2.60. The molecule has 1 aromatic rings. The van der Waals surface area contributed by atoms with Gasteiger partial charge in [-0.25, -0.2) is 0 Å². The third-order valence-corrected chi connectivity index (χ3v) is 3.27. The van der Waals surface area contributed by atoms with E-state index in [0.29, 0.717) is 12.0 Å². The number of hydrogen-bond acceptors (Lipinski definition) is 3. The summed E-state index contributed by atoms with van der Waals surface area (Å²) in [5.74, 6) is 0.572. The zero-order chi connectivity index (χ0) is 11.4. The number of rotatable bonds is 3. The second-order valence-electron chi connectivity index (χ2n) is 4.48. The van der Waals surface area contributed by atoms with Crippen LogP contribution in [0.3, 0.4) is 0 Å². The molecule has 3 heteroatoms. The first-order valence-corrected chi connectivity index (χ1v) is 5.99. The summed E-state index contributed by atoms with van der Waals surface area (Å²) in [6, 6.07) is 4.61. The first-order chi connectivity index (χ1) is 7.81. The molecule has 1 aromatic heterocycles. The summed E-state index contributed by atoms with van der Waals surface area (Å²) in [7, 11) is 2.01. The van der Waals surface area contributed by atoms with Crippen molar-refractivity contribution in [1.29, 1.82) is 0 Å². The van der Waals surface area contributed by atoms with Crippen LogP contribution in [0.25, 0.3) is 0 Å². The molecule has 1 saturated heterocycles. The van der Waals surface area contributed by atoms with Crippen LogP contribution in [-0.2, 0) is 4.74 Å². The fourth-order valence-electron chi connectivity index (χ4n) is 2.37. The van der Waals surface area contributed by atoms with Gasteiger partial charge in [-0.3, -0.25) is 4.98 Å². The van der Waals surface area contributed by atoms with E-state index in [1.807, 2.05) is 20.2 Å². The highest BCUT2D eigenvalue weighted by atomic mass is 16.5. The SMILES string of the molecule is CNC(c1ccc(C)nc1)C1CCCOC1. The van der Waals surface area contributed by atoms with Gasteiger partial charge in [0, 0.05) is 30.5 Å². The van der Waals surface area contributed by atoms with Crippen molar-refractivity contribution in [2.45, 2.75) is 25.8 Å². The van der Waals surface area contributed by atoms with Crippen molar-refractivity contribution in [2.75, 3.05) is 20.3 Å². The number of aryl methyl sites for hydroxylation is 1. The molecule has 0 amide bonds. The Morgan fingerprint density at radius 1 is 1.50 bits per heavy atom. The quantitative estimate of drug-likeness (QED) is 0.847. The number of nitrogens with zero attached hydrogens (tertiary/aromatic N) is 1. The Hall–Kier alpha value is -0.930. The molecule has 0 radical (unpaired) electrons. The van der Waals surface area contributed by atoms with Gasteiger partial charge in [0.15, 0.2) is 0 Å². The smallest absolute Gasteiger partial charge is 0.0512 e. The molecule has 0 aliphatic carbocycles. The fraction of sp³-hybridized carbons (Fsp3) is 0.615. The summed E-state index contributed by atoms with van der Waals surface area (Å²) >= 11 is 0. The molecule has 1 fully saturated rings. The average Bonchev–Trinajstić information content (AvgIpc) is 2.34. The van der Waals surface area contributed by atoms with E-state index in [4.69, 9.17) is 4.74 Å². The largest absolute Gasteiger partial charge is 0.381 e. The van der Waals surface area contributed by atoms with Gasteiger partial charge in [0.2, 0.25) is 0 Å². The Morgan fingerprint density at radius 2 is 2.38 bits per heavy atom. The second kappa shape index (κ2) is 5.41. The average molecular weight is 220 g/mol. The van der Waals surface area contributed by atoms with Gasteiger partial charge in [-0.05, 0) is 38.4 Å². The van der Waals surface area contributed by atoms with E-state index in [1.54, 1.807) is 0 Å². The van der Waals surface area contributed by atoms with Gasteiger partial charge in [-0.15, -0.1) is 0 Å². The molecule has 88 valence electrons. The molecular formula is C13H20N2O. The summed E-state index contributed by atoms with van der Waals surface area (Å²) in [5.41, 5.74) is 2.34. The van der Waals surface area contributed by atoms with Crippen molar-refractivity contribution in [3.05, 3.63) is 29.6 Å². The molecule has 0 aromatic carbocycles. The van der Waals surface area contributed by atoms with E-state index >= 15 is 0 Å². The lowest BCUT2D eigenvalue weighted by atomic mass is 9.89. The Labute approximate surface area is 97.2 Å². The molecule has 3 nitrogen and oxygen atoms in total. The van der Waals surface area contributed by atoms with Crippen molar-refractivity contribution in [1.82, 2.24) is 10.3 Å². The van der Waals surface area contributed by atoms with Crippen LogP contribution in [0.4, 0.5) is 0 Å². The molecular weight excluding hydrogens is 200 g/mol. The molecule has 0 spiro atoms. The molecule has 0 saturated carbocycles. The number of pyridine rings is 1. The Balaban J connectivity index is 2.11. The van der Waals surface area contributed by atoms with Crippen LogP contribution >= 0.6 is 0 Å². The van der Waals surface area contributed by atoms with Crippen molar-refractivity contribution in [3.63, 3.8) is 0 Å². The van der Waals surface area contributed by atoms with E-state index in [1.165, 1.54) is 18.4 Å². The molecule has 1 aliphatic rings. The number of ether oxygens (including phenoxy) is 1. The molecule has 16 heavy (non-hydrogen) atoms. The molecule has 2 unspecified atom stereocenters. The number of aromatic nitrogens is 1. The number of nitrogens with one attached hydrogen (secondary N) is 1. The minimum Gasteiger partial charge on any atom is -0.381 e. The molecule has 2 atom stereocenters. The van der Waals surface area contributed by atoms with E-state index in [0.717, 1.165) is 18.9 Å². The minimum atomic E-state index is 0.369. The Morgan fingerprint density at radius 3 is 2.94 bits per heavy atom. The van der Waals surface area contributed by atoms with Gasteiger partial charge in [-0.1, -0.05) is 6.07 Å². The molecule has 0 bridgehead atoms. The van der Waals surface area contributed by atoms with Crippen LogP contribution in [0.2, 0.25) is 0 Å². The third-order valence-electron chi connectivity index (χ3n) is 3.27.